The van der Waals surface area contributed by atoms with Crippen molar-refractivity contribution in [1.82, 2.24) is 4.90 Å². The molecule has 1 rings (SSSR count). The lowest BCUT2D eigenvalue weighted by Gasteiger charge is -2.23. The van der Waals surface area contributed by atoms with E-state index in [1.807, 2.05) is 0 Å². The Morgan fingerprint density at radius 1 is 1.53 bits per heavy atom. The van der Waals surface area contributed by atoms with Gasteiger partial charge in [0.2, 0.25) is 0 Å². The molecule has 0 aliphatic heterocycles. The van der Waals surface area contributed by atoms with E-state index < -0.39 is 11.6 Å². The second-order valence-electron chi connectivity index (χ2n) is 3.85. The first-order chi connectivity index (χ1) is 7.95. The fourth-order valence-corrected chi connectivity index (χ4v) is 1.38. The largest absolute Gasteiger partial charge is 0.409 e. The third kappa shape index (κ3) is 3.39. The van der Waals surface area contributed by atoms with Crippen LogP contribution < -0.4 is 5.73 Å². The zero-order chi connectivity index (χ0) is 13.0. The normalized spacial score (nSPS) is 14.1. The first-order valence-corrected chi connectivity index (χ1v) is 5.07. The van der Waals surface area contributed by atoms with Crippen LogP contribution in [0, 0.1) is 11.6 Å². The van der Waals surface area contributed by atoms with Crippen molar-refractivity contribution in [2.75, 3.05) is 7.05 Å². The van der Waals surface area contributed by atoms with Crippen LogP contribution in [-0.4, -0.2) is 29.0 Å². The van der Waals surface area contributed by atoms with E-state index in [2.05, 4.69) is 5.16 Å². The second kappa shape index (κ2) is 5.58. The molecule has 94 valence electrons. The SMILES string of the molecule is CC(C(N)=NO)N(C)Cc1cc(F)ccc1F. The van der Waals surface area contributed by atoms with E-state index in [4.69, 9.17) is 10.9 Å². The molecule has 1 aromatic rings. The Labute approximate surface area is 98.3 Å². The van der Waals surface area contributed by atoms with Crippen molar-refractivity contribution in [1.29, 1.82) is 0 Å². The van der Waals surface area contributed by atoms with Crippen molar-refractivity contribution in [3.05, 3.63) is 35.4 Å². The van der Waals surface area contributed by atoms with Crippen LogP contribution in [0.4, 0.5) is 8.78 Å². The molecule has 0 aromatic heterocycles. The van der Waals surface area contributed by atoms with Crippen LogP contribution in [0.3, 0.4) is 0 Å². The van der Waals surface area contributed by atoms with Crippen LogP contribution in [0.15, 0.2) is 23.4 Å². The molecule has 0 radical (unpaired) electrons. The van der Waals surface area contributed by atoms with Gasteiger partial charge in [0.05, 0.1) is 6.04 Å². The fourth-order valence-electron chi connectivity index (χ4n) is 1.38. The predicted molar refractivity (Wildman–Crippen MR) is 60.7 cm³/mol. The molecule has 17 heavy (non-hydrogen) atoms. The Bertz CT molecular complexity index is 423. The van der Waals surface area contributed by atoms with Crippen LogP contribution >= 0.6 is 0 Å². The minimum absolute atomic E-state index is 0.0179. The Morgan fingerprint density at radius 2 is 2.18 bits per heavy atom. The summed E-state index contributed by atoms with van der Waals surface area (Å²) in [7, 11) is 1.67. The number of hydrogen-bond donors (Lipinski definition) is 2. The molecule has 0 fully saturated rings. The minimum Gasteiger partial charge on any atom is -0.409 e. The van der Waals surface area contributed by atoms with E-state index in [-0.39, 0.29) is 24.0 Å². The molecule has 0 heterocycles. The van der Waals surface area contributed by atoms with Crippen LogP contribution in [0.25, 0.3) is 0 Å². The molecule has 0 saturated heterocycles. The third-order valence-electron chi connectivity index (χ3n) is 2.63. The number of rotatable bonds is 4. The summed E-state index contributed by atoms with van der Waals surface area (Å²) in [6, 6.07) is 2.89. The van der Waals surface area contributed by atoms with Crippen molar-refractivity contribution in [3.63, 3.8) is 0 Å². The molecule has 6 heteroatoms. The summed E-state index contributed by atoms with van der Waals surface area (Å²) >= 11 is 0. The summed E-state index contributed by atoms with van der Waals surface area (Å²) in [4.78, 5) is 1.65. The predicted octanol–water partition coefficient (Wildman–Crippen LogP) is 1.53. The van der Waals surface area contributed by atoms with E-state index in [0.717, 1.165) is 18.2 Å². The molecule has 0 amide bonds. The number of oxime groups is 1. The average molecular weight is 243 g/mol. The van der Waals surface area contributed by atoms with Gasteiger partial charge < -0.3 is 10.9 Å². The number of hydrogen-bond acceptors (Lipinski definition) is 3. The van der Waals surface area contributed by atoms with Gasteiger partial charge in [-0.2, -0.15) is 0 Å². The first kappa shape index (κ1) is 13.4. The van der Waals surface area contributed by atoms with Crippen molar-refractivity contribution in [2.24, 2.45) is 10.9 Å². The van der Waals surface area contributed by atoms with Crippen LogP contribution in [-0.2, 0) is 6.54 Å². The van der Waals surface area contributed by atoms with Crippen molar-refractivity contribution >= 4 is 5.84 Å². The number of likely N-dealkylation sites (N-methyl/N-ethyl adjacent to an activating group) is 1. The Kier molecular flexibility index (Phi) is 4.39. The fraction of sp³-hybridized carbons (Fsp3) is 0.364. The first-order valence-electron chi connectivity index (χ1n) is 5.07. The zero-order valence-corrected chi connectivity index (χ0v) is 9.69. The van der Waals surface area contributed by atoms with Crippen molar-refractivity contribution in [2.45, 2.75) is 19.5 Å². The summed E-state index contributed by atoms with van der Waals surface area (Å²) in [6.45, 7) is 1.87. The number of amidine groups is 1. The Morgan fingerprint density at radius 3 is 2.76 bits per heavy atom. The Balaban J connectivity index is 2.80. The van der Waals surface area contributed by atoms with Gasteiger partial charge in [-0.15, -0.1) is 0 Å². The lowest BCUT2D eigenvalue weighted by molar-refractivity contribution is 0.276. The van der Waals surface area contributed by atoms with Gasteiger partial charge in [0, 0.05) is 12.1 Å². The molecule has 3 N–H and O–H groups in total. The topological polar surface area (TPSA) is 61.9 Å². The number of benzene rings is 1. The smallest absolute Gasteiger partial charge is 0.156 e. The van der Waals surface area contributed by atoms with E-state index >= 15 is 0 Å². The number of nitrogens with two attached hydrogens (primary N) is 1. The molecule has 1 aromatic carbocycles. The van der Waals surface area contributed by atoms with Gasteiger partial charge in [-0.1, -0.05) is 5.16 Å². The highest BCUT2D eigenvalue weighted by Crippen LogP contribution is 2.13. The van der Waals surface area contributed by atoms with Gasteiger partial charge in [0.1, 0.15) is 11.6 Å². The maximum absolute atomic E-state index is 13.4. The zero-order valence-electron chi connectivity index (χ0n) is 9.69. The average Bonchev–Trinajstić information content (AvgIpc) is 2.31. The second-order valence-corrected chi connectivity index (χ2v) is 3.85. The monoisotopic (exact) mass is 243 g/mol. The summed E-state index contributed by atoms with van der Waals surface area (Å²) in [5.74, 6) is -0.958. The van der Waals surface area contributed by atoms with E-state index in [9.17, 15) is 8.78 Å². The van der Waals surface area contributed by atoms with Crippen molar-refractivity contribution in [3.8, 4) is 0 Å². The molecule has 1 unspecified atom stereocenters. The maximum atomic E-state index is 13.4. The molecule has 4 nitrogen and oxygen atoms in total. The summed E-state index contributed by atoms with van der Waals surface area (Å²) in [6.07, 6.45) is 0. The number of halogens is 2. The molecule has 1 atom stereocenters. The summed E-state index contributed by atoms with van der Waals surface area (Å²) in [5, 5.41) is 11.4. The molecule has 0 spiro atoms. The highest BCUT2D eigenvalue weighted by atomic mass is 19.1. The molecule has 0 aliphatic rings. The Hall–Kier alpha value is -1.69. The lowest BCUT2D eigenvalue weighted by Crippen LogP contribution is -2.40. The number of nitrogens with zero attached hydrogens (tertiary/aromatic N) is 2. The highest BCUT2D eigenvalue weighted by Gasteiger charge is 2.15. The standard InChI is InChI=1S/C11H15F2N3O/c1-7(11(14)15-17)16(2)6-8-5-9(12)3-4-10(8)13/h3-5,7,17H,6H2,1-2H3,(H2,14,15). The maximum Gasteiger partial charge on any atom is 0.156 e. The summed E-state index contributed by atoms with van der Waals surface area (Å²) in [5.41, 5.74) is 5.66. The van der Waals surface area contributed by atoms with Gasteiger partial charge in [0.25, 0.3) is 0 Å². The van der Waals surface area contributed by atoms with E-state index in [0.29, 0.717) is 0 Å². The van der Waals surface area contributed by atoms with E-state index in [1.54, 1.807) is 18.9 Å². The third-order valence-corrected chi connectivity index (χ3v) is 2.63. The van der Waals surface area contributed by atoms with Crippen LogP contribution in [0.5, 0.6) is 0 Å². The lowest BCUT2D eigenvalue weighted by atomic mass is 10.1. The van der Waals surface area contributed by atoms with E-state index in [1.165, 1.54) is 0 Å². The minimum atomic E-state index is -0.494. The van der Waals surface area contributed by atoms with Crippen molar-refractivity contribution < 1.29 is 14.0 Å². The highest BCUT2D eigenvalue weighted by molar-refractivity contribution is 5.84. The quantitative estimate of drug-likeness (QED) is 0.365. The van der Waals surface area contributed by atoms with Gasteiger partial charge >= 0.3 is 0 Å². The van der Waals surface area contributed by atoms with Crippen LogP contribution in [0.1, 0.15) is 12.5 Å². The van der Waals surface area contributed by atoms with Crippen LogP contribution in [0.2, 0.25) is 0 Å². The molecule has 0 bridgehead atoms. The van der Waals surface area contributed by atoms with Gasteiger partial charge in [-0.05, 0) is 32.2 Å². The molecule has 0 aliphatic carbocycles. The molecular weight excluding hydrogens is 228 g/mol. The van der Waals surface area contributed by atoms with Gasteiger partial charge in [-0.25, -0.2) is 8.78 Å². The van der Waals surface area contributed by atoms with Gasteiger partial charge in [0.15, 0.2) is 5.84 Å². The molecular formula is C11H15F2N3O. The van der Waals surface area contributed by atoms with Gasteiger partial charge in [-0.3, -0.25) is 4.90 Å². The summed E-state index contributed by atoms with van der Waals surface area (Å²) < 4.78 is 26.3. The molecule has 0 saturated carbocycles.